The molecule has 8 heteroatoms. The Hall–Kier alpha value is -2.64. The van der Waals surface area contributed by atoms with Crippen LogP contribution >= 0.6 is 19.6 Å². The van der Waals surface area contributed by atoms with Crippen molar-refractivity contribution in [1.29, 1.82) is 0 Å². The standard InChI is InChI=1S/C26H26NO5PS/c1-26(27,18-32-33(28,29)30)22-12-10-21-15-25(13-11-20(21)14-22)34-24-9-5-8-23(16-24)31-17-19-6-3-2-4-7-19/h2-16H,17-18,27H2,1H3,(H2,28,29,30)/t26-/m0/s1. The zero-order valence-corrected chi connectivity index (χ0v) is 20.3. The molecule has 176 valence electrons. The molecule has 0 aliphatic heterocycles. The van der Waals surface area contributed by atoms with E-state index in [-0.39, 0.29) is 6.61 Å². The summed E-state index contributed by atoms with van der Waals surface area (Å²) < 4.78 is 21.6. The van der Waals surface area contributed by atoms with Crippen LogP contribution in [0.25, 0.3) is 10.8 Å². The smallest absolute Gasteiger partial charge is 0.469 e. The van der Waals surface area contributed by atoms with Crippen molar-refractivity contribution in [3.05, 3.63) is 102 Å². The van der Waals surface area contributed by atoms with Gasteiger partial charge in [0.05, 0.1) is 12.1 Å². The first-order valence-electron chi connectivity index (χ1n) is 10.7. The maximum absolute atomic E-state index is 11.0. The maximum Gasteiger partial charge on any atom is 0.469 e. The van der Waals surface area contributed by atoms with Crippen LogP contribution in [0.4, 0.5) is 0 Å². The van der Waals surface area contributed by atoms with Gasteiger partial charge in [0.15, 0.2) is 0 Å². The molecule has 34 heavy (non-hydrogen) atoms. The van der Waals surface area contributed by atoms with Gasteiger partial charge < -0.3 is 20.3 Å². The second kappa shape index (κ2) is 10.3. The summed E-state index contributed by atoms with van der Waals surface area (Å²) in [6.45, 7) is 1.91. The molecule has 0 saturated heterocycles. The van der Waals surface area contributed by atoms with Crippen molar-refractivity contribution >= 4 is 30.4 Å². The summed E-state index contributed by atoms with van der Waals surface area (Å²) in [5, 5.41) is 2.02. The van der Waals surface area contributed by atoms with Crippen LogP contribution in [-0.4, -0.2) is 16.4 Å². The number of hydrogen-bond donors (Lipinski definition) is 3. The van der Waals surface area contributed by atoms with Crippen LogP contribution in [0.15, 0.2) is 101 Å². The molecule has 0 aliphatic carbocycles. The maximum atomic E-state index is 11.0. The minimum atomic E-state index is -4.59. The van der Waals surface area contributed by atoms with Crippen molar-refractivity contribution in [3.63, 3.8) is 0 Å². The molecule has 4 N–H and O–H groups in total. The molecule has 0 radical (unpaired) electrons. The quantitative estimate of drug-likeness (QED) is 0.250. The molecule has 0 unspecified atom stereocenters. The zero-order chi connectivity index (χ0) is 24.2. The molecule has 0 aromatic heterocycles. The topological polar surface area (TPSA) is 102 Å². The van der Waals surface area contributed by atoms with Crippen LogP contribution in [0.3, 0.4) is 0 Å². The lowest BCUT2D eigenvalue weighted by Crippen LogP contribution is -2.37. The number of benzene rings is 4. The Labute approximate surface area is 203 Å². The van der Waals surface area contributed by atoms with E-state index in [9.17, 15) is 4.57 Å². The molecular formula is C26H26NO5PS. The molecule has 0 saturated carbocycles. The van der Waals surface area contributed by atoms with Crippen molar-refractivity contribution in [1.82, 2.24) is 0 Å². The Morgan fingerprint density at radius 2 is 1.59 bits per heavy atom. The predicted octanol–water partition coefficient (Wildman–Crippen LogP) is 5.85. The van der Waals surface area contributed by atoms with Gasteiger partial charge in [0.2, 0.25) is 0 Å². The highest BCUT2D eigenvalue weighted by Crippen LogP contribution is 2.38. The van der Waals surface area contributed by atoms with Gasteiger partial charge in [-0.15, -0.1) is 0 Å². The minimum absolute atomic E-state index is 0.292. The summed E-state index contributed by atoms with van der Waals surface area (Å²) in [6.07, 6.45) is 0. The summed E-state index contributed by atoms with van der Waals surface area (Å²) in [5.74, 6) is 0.819. The lowest BCUT2D eigenvalue weighted by molar-refractivity contribution is 0.158. The highest BCUT2D eigenvalue weighted by atomic mass is 32.2. The average Bonchev–Trinajstić information content (AvgIpc) is 2.82. The molecule has 0 heterocycles. The van der Waals surface area contributed by atoms with E-state index < -0.39 is 13.4 Å². The molecule has 4 rings (SSSR count). The first-order valence-corrected chi connectivity index (χ1v) is 13.0. The molecule has 4 aromatic carbocycles. The molecule has 0 spiro atoms. The van der Waals surface area contributed by atoms with Crippen molar-refractivity contribution in [3.8, 4) is 5.75 Å². The summed E-state index contributed by atoms with van der Waals surface area (Å²) in [4.78, 5) is 20.1. The van der Waals surface area contributed by atoms with Crippen LogP contribution in [-0.2, 0) is 21.2 Å². The lowest BCUT2D eigenvalue weighted by atomic mass is 9.92. The summed E-state index contributed by atoms with van der Waals surface area (Å²) in [5.41, 5.74) is 7.08. The van der Waals surface area contributed by atoms with E-state index in [2.05, 4.69) is 10.6 Å². The molecule has 0 amide bonds. The number of ether oxygens (including phenoxy) is 1. The van der Waals surface area contributed by atoms with E-state index in [1.807, 2.05) is 84.9 Å². The molecule has 1 atom stereocenters. The first-order chi connectivity index (χ1) is 16.2. The summed E-state index contributed by atoms with van der Waals surface area (Å²) >= 11 is 1.65. The first kappa shape index (κ1) is 24.5. The highest BCUT2D eigenvalue weighted by molar-refractivity contribution is 7.99. The van der Waals surface area contributed by atoms with Gasteiger partial charge in [0.1, 0.15) is 12.4 Å². The Bertz CT molecular complexity index is 1320. The SMILES string of the molecule is C[C@](N)(COP(=O)(O)O)c1ccc2cc(Sc3cccc(OCc4ccccc4)c3)ccc2c1. The molecule has 4 aromatic rings. The summed E-state index contributed by atoms with van der Waals surface area (Å²) in [6, 6.07) is 30.0. The third-order valence-corrected chi connectivity index (χ3v) is 6.74. The van der Waals surface area contributed by atoms with Gasteiger partial charge in [0.25, 0.3) is 0 Å². The molecular weight excluding hydrogens is 469 g/mol. The highest BCUT2D eigenvalue weighted by Gasteiger charge is 2.26. The van der Waals surface area contributed by atoms with Gasteiger partial charge in [-0.25, -0.2) is 4.57 Å². The number of fused-ring (bicyclic) bond motifs is 1. The fourth-order valence-electron chi connectivity index (χ4n) is 3.45. The number of phosphoric ester groups is 1. The number of hydrogen-bond acceptors (Lipinski definition) is 5. The average molecular weight is 496 g/mol. The van der Waals surface area contributed by atoms with E-state index in [1.165, 1.54) is 0 Å². The second-order valence-electron chi connectivity index (χ2n) is 8.26. The number of phosphoric acid groups is 1. The third-order valence-electron chi connectivity index (χ3n) is 5.29. The van der Waals surface area contributed by atoms with Crippen LogP contribution in [0.2, 0.25) is 0 Å². The number of rotatable bonds is 9. The van der Waals surface area contributed by atoms with Crippen LogP contribution in [0, 0.1) is 0 Å². The molecule has 6 nitrogen and oxygen atoms in total. The normalized spacial score (nSPS) is 13.5. The lowest BCUT2D eigenvalue weighted by Gasteiger charge is -2.25. The number of nitrogens with two attached hydrogens (primary N) is 1. The zero-order valence-electron chi connectivity index (χ0n) is 18.6. The molecule has 0 fully saturated rings. The van der Waals surface area contributed by atoms with Gasteiger partial charge in [-0.05, 0) is 65.2 Å². The van der Waals surface area contributed by atoms with Gasteiger partial charge in [-0.2, -0.15) is 0 Å². The van der Waals surface area contributed by atoms with Crippen molar-refractivity contribution in [2.75, 3.05) is 6.61 Å². The van der Waals surface area contributed by atoms with Crippen LogP contribution in [0.5, 0.6) is 5.75 Å². The van der Waals surface area contributed by atoms with Crippen LogP contribution < -0.4 is 10.5 Å². The molecule has 0 aliphatic rings. The third kappa shape index (κ3) is 6.70. The Balaban J connectivity index is 1.46. The van der Waals surface area contributed by atoms with Crippen molar-refractivity contribution in [2.45, 2.75) is 28.9 Å². The van der Waals surface area contributed by atoms with E-state index >= 15 is 0 Å². The van der Waals surface area contributed by atoms with Gasteiger partial charge >= 0.3 is 7.82 Å². The van der Waals surface area contributed by atoms with Crippen molar-refractivity contribution < 1.29 is 23.6 Å². The Morgan fingerprint density at radius 1 is 0.882 bits per heavy atom. The monoisotopic (exact) mass is 495 g/mol. The van der Waals surface area contributed by atoms with Crippen molar-refractivity contribution in [2.24, 2.45) is 5.73 Å². The Kier molecular flexibility index (Phi) is 7.43. The summed E-state index contributed by atoms with van der Waals surface area (Å²) in [7, 11) is -4.59. The fourth-order valence-corrected chi connectivity index (χ4v) is 4.80. The van der Waals surface area contributed by atoms with Gasteiger partial charge in [-0.3, -0.25) is 4.52 Å². The van der Waals surface area contributed by atoms with Gasteiger partial charge in [-0.1, -0.05) is 66.4 Å². The predicted molar refractivity (Wildman–Crippen MR) is 135 cm³/mol. The van der Waals surface area contributed by atoms with E-state index in [0.717, 1.165) is 37.4 Å². The largest absolute Gasteiger partial charge is 0.489 e. The second-order valence-corrected chi connectivity index (χ2v) is 10.6. The van der Waals surface area contributed by atoms with E-state index in [1.54, 1.807) is 18.7 Å². The van der Waals surface area contributed by atoms with E-state index in [4.69, 9.17) is 20.3 Å². The fraction of sp³-hybridized carbons (Fsp3) is 0.154. The van der Waals surface area contributed by atoms with E-state index in [0.29, 0.717) is 6.61 Å². The minimum Gasteiger partial charge on any atom is -0.489 e. The molecule has 0 bridgehead atoms. The van der Waals surface area contributed by atoms with Crippen LogP contribution in [0.1, 0.15) is 18.1 Å². The Morgan fingerprint density at radius 3 is 2.35 bits per heavy atom. The van der Waals surface area contributed by atoms with Gasteiger partial charge in [0, 0.05) is 9.79 Å².